The third-order valence-electron chi connectivity index (χ3n) is 5.63. The van der Waals surface area contributed by atoms with Crippen molar-refractivity contribution in [3.8, 4) is 11.5 Å². The van der Waals surface area contributed by atoms with E-state index in [2.05, 4.69) is 24.3 Å². The molecule has 4 rings (SSSR count). The van der Waals surface area contributed by atoms with Gasteiger partial charge in [0.05, 0.1) is 19.8 Å². The van der Waals surface area contributed by atoms with E-state index in [0.29, 0.717) is 28.6 Å². The quantitative estimate of drug-likeness (QED) is 0.551. The summed E-state index contributed by atoms with van der Waals surface area (Å²) >= 11 is 6.06. The molecule has 0 aromatic heterocycles. The van der Waals surface area contributed by atoms with Gasteiger partial charge in [0.1, 0.15) is 0 Å². The van der Waals surface area contributed by atoms with Crippen molar-refractivity contribution < 1.29 is 14.3 Å². The SMILES string of the molecule is COc1cccc(C(=O)N(Cc2ccc(Cl)cc2)C2Cc3ccccc3C2)c1OC. The molecule has 0 radical (unpaired) electrons. The van der Waals surface area contributed by atoms with Crippen LogP contribution >= 0.6 is 11.6 Å². The van der Waals surface area contributed by atoms with E-state index in [4.69, 9.17) is 21.1 Å². The van der Waals surface area contributed by atoms with Crippen LogP contribution in [0.25, 0.3) is 0 Å². The Labute approximate surface area is 182 Å². The van der Waals surface area contributed by atoms with Gasteiger partial charge in [-0.3, -0.25) is 4.79 Å². The number of benzene rings is 3. The Balaban J connectivity index is 1.70. The molecule has 154 valence electrons. The first-order valence-corrected chi connectivity index (χ1v) is 10.3. The van der Waals surface area contributed by atoms with E-state index in [9.17, 15) is 4.79 Å². The zero-order valence-corrected chi connectivity index (χ0v) is 17.9. The smallest absolute Gasteiger partial charge is 0.258 e. The van der Waals surface area contributed by atoms with Crippen LogP contribution < -0.4 is 9.47 Å². The lowest BCUT2D eigenvalue weighted by molar-refractivity contribution is 0.0663. The van der Waals surface area contributed by atoms with Crippen molar-refractivity contribution in [1.82, 2.24) is 4.90 Å². The lowest BCUT2D eigenvalue weighted by Crippen LogP contribution is -2.40. The van der Waals surface area contributed by atoms with Crippen LogP contribution in [0.5, 0.6) is 11.5 Å². The first-order valence-electron chi connectivity index (χ1n) is 9.94. The van der Waals surface area contributed by atoms with E-state index in [1.54, 1.807) is 26.4 Å². The number of rotatable bonds is 6. The highest BCUT2D eigenvalue weighted by molar-refractivity contribution is 6.30. The summed E-state index contributed by atoms with van der Waals surface area (Å²) in [6.45, 7) is 0.495. The van der Waals surface area contributed by atoms with Gasteiger partial charge in [-0.1, -0.05) is 54.1 Å². The number of hydrogen-bond acceptors (Lipinski definition) is 3. The van der Waals surface area contributed by atoms with E-state index < -0.39 is 0 Å². The normalized spacial score (nSPS) is 13.0. The fourth-order valence-corrected chi connectivity index (χ4v) is 4.25. The van der Waals surface area contributed by atoms with E-state index >= 15 is 0 Å². The Hall–Kier alpha value is -2.98. The monoisotopic (exact) mass is 421 g/mol. The summed E-state index contributed by atoms with van der Waals surface area (Å²) in [5.74, 6) is 0.935. The first-order chi connectivity index (χ1) is 14.6. The molecule has 3 aromatic rings. The predicted octanol–water partition coefficient (Wildman–Crippen LogP) is 5.17. The highest BCUT2D eigenvalue weighted by atomic mass is 35.5. The molecule has 1 amide bonds. The Morgan fingerprint density at radius 2 is 1.60 bits per heavy atom. The number of halogens is 1. The van der Waals surface area contributed by atoms with Crippen molar-refractivity contribution in [2.45, 2.75) is 25.4 Å². The van der Waals surface area contributed by atoms with Gasteiger partial charge in [0.2, 0.25) is 0 Å². The molecule has 0 spiro atoms. The summed E-state index contributed by atoms with van der Waals surface area (Å²) in [6.07, 6.45) is 1.67. The van der Waals surface area contributed by atoms with Gasteiger partial charge in [-0.05, 0) is 53.8 Å². The van der Waals surface area contributed by atoms with Crippen LogP contribution in [0, 0.1) is 0 Å². The molecule has 1 aliphatic carbocycles. The van der Waals surface area contributed by atoms with Gasteiger partial charge < -0.3 is 14.4 Å². The summed E-state index contributed by atoms with van der Waals surface area (Å²) in [5.41, 5.74) is 4.13. The highest BCUT2D eigenvalue weighted by Crippen LogP contribution is 2.34. The third kappa shape index (κ3) is 4.01. The average molecular weight is 422 g/mol. The van der Waals surface area contributed by atoms with Gasteiger partial charge in [-0.25, -0.2) is 0 Å². The van der Waals surface area contributed by atoms with Gasteiger partial charge in [0.25, 0.3) is 5.91 Å². The van der Waals surface area contributed by atoms with Crippen LogP contribution in [0.3, 0.4) is 0 Å². The number of carbonyl (C=O) groups is 1. The molecular formula is C25H24ClNO3. The minimum atomic E-state index is -0.0708. The van der Waals surface area contributed by atoms with Gasteiger partial charge in [0.15, 0.2) is 11.5 Å². The van der Waals surface area contributed by atoms with Crippen LogP contribution in [0.1, 0.15) is 27.0 Å². The number of amides is 1. The fourth-order valence-electron chi connectivity index (χ4n) is 4.12. The lowest BCUT2D eigenvalue weighted by atomic mass is 10.1. The molecule has 0 bridgehead atoms. The van der Waals surface area contributed by atoms with Gasteiger partial charge >= 0.3 is 0 Å². The predicted molar refractivity (Wildman–Crippen MR) is 119 cm³/mol. The first kappa shape index (κ1) is 20.3. The van der Waals surface area contributed by atoms with Gasteiger partial charge in [0, 0.05) is 17.6 Å². The van der Waals surface area contributed by atoms with Gasteiger partial charge in [-0.2, -0.15) is 0 Å². The highest BCUT2D eigenvalue weighted by Gasteiger charge is 2.32. The summed E-state index contributed by atoms with van der Waals surface area (Å²) in [4.78, 5) is 15.7. The van der Waals surface area contributed by atoms with Crippen LogP contribution in [0.15, 0.2) is 66.7 Å². The molecule has 0 aliphatic heterocycles. The second-order valence-electron chi connectivity index (χ2n) is 7.43. The van der Waals surface area contributed by atoms with Crippen molar-refractivity contribution >= 4 is 17.5 Å². The minimum absolute atomic E-state index is 0.0708. The van der Waals surface area contributed by atoms with Crippen LogP contribution in [-0.4, -0.2) is 31.1 Å². The molecule has 0 saturated heterocycles. The number of carbonyl (C=O) groups excluding carboxylic acids is 1. The summed E-state index contributed by atoms with van der Waals surface area (Å²) in [5, 5.41) is 0.680. The number of ether oxygens (including phenoxy) is 2. The molecule has 30 heavy (non-hydrogen) atoms. The number of para-hydroxylation sites is 1. The molecule has 0 fully saturated rings. The number of fused-ring (bicyclic) bond motifs is 1. The topological polar surface area (TPSA) is 38.8 Å². The minimum Gasteiger partial charge on any atom is -0.493 e. The summed E-state index contributed by atoms with van der Waals surface area (Å²) in [7, 11) is 3.13. The molecule has 4 nitrogen and oxygen atoms in total. The van der Waals surface area contributed by atoms with E-state index in [1.165, 1.54) is 11.1 Å². The van der Waals surface area contributed by atoms with Crippen molar-refractivity contribution in [3.05, 3.63) is 94.0 Å². The summed E-state index contributed by atoms with van der Waals surface area (Å²) < 4.78 is 10.9. The van der Waals surface area contributed by atoms with Crippen LogP contribution in [0.2, 0.25) is 5.02 Å². The average Bonchev–Trinajstić information content (AvgIpc) is 3.21. The Morgan fingerprint density at radius 1 is 0.933 bits per heavy atom. The molecule has 0 unspecified atom stereocenters. The van der Waals surface area contributed by atoms with Crippen molar-refractivity contribution in [1.29, 1.82) is 0 Å². The third-order valence-corrected chi connectivity index (χ3v) is 5.88. The molecule has 0 N–H and O–H groups in total. The molecular weight excluding hydrogens is 398 g/mol. The number of nitrogens with zero attached hydrogens (tertiary/aromatic N) is 1. The molecule has 3 aromatic carbocycles. The van der Waals surface area contributed by atoms with Gasteiger partial charge in [-0.15, -0.1) is 0 Å². The molecule has 1 aliphatic rings. The second kappa shape index (κ2) is 8.80. The standard InChI is InChI=1S/C25H24ClNO3/c1-29-23-9-5-8-22(24(23)30-2)25(28)27(16-17-10-12-20(26)13-11-17)21-14-18-6-3-4-7-19(18)15-21/h3-13,21H,14-16H2,1-2H3. The number of methoxy groups -OCH3 is 2. The maximum Gasteiger partial charge on any atom is 0.258 e. The molecule has 0 heterocycles. The van der Waals surface area contributed by atoms with Crippen molar-refractivity contribution in [3.63, 3.8) is 0 Å². The fraction of sp³-hybridized carbons (Fsp3) is 0.240. The molecule has 0 saturated carbocycles. The largest absolute Gasteiger partial charge is 0.493 e. The zero-order valence-electron chi connectivity index (χ0n) is 17.1. The van der Waals surface area contributed by atoms with E-state index in [-0.39, 0.29) is 11.9 Å². The maximum atomic E-state index is 13.8. The Kier molecular flexibility index (Phi) is 5.96. The summed E-state index contributed by atoms with van der Waals surface area (Å²) in [6, 6.07) is 21.5. The maximum absolute atomic E-state index is 13.8. The van der Waals surface area contributed by atoms with E-state index in [0.717, 1.165) is 18.4 Å². The Morgan fingerprint density at radius 3 is 2.20 bits per heavy atom. The van der Waals surface area contributed by atoms with Crippen LogP contribution in [0.4, 0.5) is 0 Å². The van der Waals surface area contributed by atoms with Crippen molar-refractivity contribution in [2.24, 2.45) is 0 Å². The molecule has 5 heteroatoms. The zero-order chi connectivity index (χ0) is 21.1. The van der Waals surface area contributed by atoms with Crippen molar-refractivity contribution in [2.75, 3.05) is 14.2 Å². The lowest BCUT2D eigenvalue weighted by Gasteiger charge is -2.30. The van der Waals surface area contributed by atoms with Crippen LogP contribution in [-0.2, 0) is 19.4 Å². The second-order valence-corrected chi connectivity index (χ2v) is 7.87. The number of hydrogen-bond donors (Lipinski definition) is 0. The molecule has 0 atom stereocenters. The Bertz CT molecular complexity index is 1020. The van der Waals surface area contributed by atoms with E-state index in [1.807, 2.05) is 35.2 Å².